The molecule has 92 valence electrons. The van der Waals surface area contributed by atoms with Crippen molar-refractivity contribution in [3.8, 4) is 5.88 Å². The van der Waals surface area contributed by atoms with E-state index in [9.17, 15) is 13.6 Å². The van der Waals surface area contributed by atoms with Gasteiger partial charge in [-0.15, -0.1) is 0 Å². The van der Waals surface area contributed by atoms with Gasteiger partial charge < -0.3 is 9.84 Å². The molecule has 0 atom stereocenters. The van der Waals surface area contributed by atoms with Crippen LogP contribution >= 0.6 is 0 Å². The largest absolute Gasteiger partial charge is 0.478 e. The third-order valence-corrected chi connectivity index (χ3v) is 1.98. The first-order valence-corrected chi connectivity index (χ1v) is 4.70. The van der Waals surface area contributed by atoms with Gasteiger partial charge in [0.05, 0.1) is 5.56 Å². The van der Waals surface area contributed by atoms with E-state index in [-0.39, 0.29) is 11.4 Å². The molecule has 1 aromatic rings. The number of pyridine rings is 1. The fourth-order valence-corrected chi connectivity index (χ4v) is 1.05. The van der Waals surface area contributed by atoms with Crippen LogP contribution in [0.1, 0.15) is 15.9 Å². The Kier molecular flexibility index (Phi) is 3.77. The summed E-state index contributed by atoms with van der Waals surface area (Å²) in [7, 11) is 0. The number of carbonyl (C=O) groups is 1. The van der Waals surface area contributed by atoms with Gasteiger partial charge in [-0.25, -0.2) is 9.78 Å². The first-order chi connectivity index (χ1) is 7.85. The Morgan fingerprint density at radius 2 is 2.35 bits per heavy atom. The molecular formula is C11H11F2NO3. The van der Waals surface area contributed by atoms with Crippen LogP contribution in [-0.4, -0.2) is 28.6 Å². The number of aromatic carboxylic acids is 1. The van der Waals surface area contributed by atoms with E-state index in [4.69, 9.17) is 9.84 Å². The van der Waals surface area contributed by atoms with E-state index in [1.165, 1.54) is 13.0 Å². The number of hydrogen-bond donors (Lipinski definition) is 1. The third-order valence-electron chi connectivity index (χ3n) is 1.98. The van der Waals surface area contributed by atoms with Crippen LogP contribution in [-0.2, 0) is 0 Å². The van der Waals surface area contributed by atoms with Crippen LogP contribution in [0.5, 0.6) is 5.88 Å². The summed E-state index contributed by atoms with van der Waals surface area (Å²) in [6.07, 6.45) is 1.53. The Bertz CT molecular complexity index is 446. The van der Waals surface area contributed by atoms with Gasteiger partial charge in [-0.05, 0) is 19.1 Å². The Morgan fingerprint density at radius 3 is 2.82 bits per heavy atom. The molecule has 0 aliphatic heterocycles. The first kappa shape index (κ1) is 13.1. The second kappa shape index (κ2) is 4.90. The van der Waals surface area contributed by atoms with Gasteiger partial charge in [-0.2, -0.15) is 8.78 Å². The number of carboxylic acids is 1. The number of aryl methyl sites for hydroxylation is 1. The number of hydrogen-bond acceptors (Lipinski definition) is 3. The van der Waals surface area contributed by atoms with Gasteiger partial charge in [0, 0.05) is 11.8 Å². The quantitative estimate of drug-likeness (QED) is 0.806. The van der Waals surface area contributed by atoms with E-state index in [1.54, 1.807) is 0 Å². The number of alkyl halides is 2. The minimum Gasteiger partial charge on any atom is -0.478 e. The van der Waals surface area contributed by atoms with Crippen molar-refractivity contribution in [1.29, 1.82) is 0 Å². The molecule has 0 radical (unpaired) electrons. The summed E-state index contributed by atoms with van der Waals surface area (Å²) in [5.74, 6) is -4.29. The minimum atomic E-state index is -3.14. The predicted octanol–water partition coefficient (Wildman–Crippen LogP) is 2.29. The van der Waals surface area contributed by atoms with Crippen molar-refractivity contribution in [2.45, 2.75) is 12.8 Å². The molecule has 0 spiro atoms. The van der Waals surface area contributed by atoms with Gasteiger partial charge in [0.25, 0.3) is 5.92 Å². The molecule has 0 amide bonds. The molecule has 0 aliphatic rings. The summed E-state index contributed by atoms with van der Waals surface area (Å²) >= 11 is 0. The smallest absolute Gasteiger partial charge is 0.337 e. The predicted molar refractivity (Wildman–Crippen MR) is 56.6 cm³/mol. The number of aromatic nitrogens is 1. The maximum atomic E-state index is 12.8. The van der Waals surface area contributed by atoms with Gasteiger partial charge in [-0.1, -0.05) is 6.58 Å². The third kappa shape index (κ3) is 3.51. The second-order valence-electron chi connectivity index (χ2n) is 3.41. The maximum absolute atomic E-state index is 12.8. The van der Waals surface area contributed by atoms with Crippen molar-refractivity contribution in [3.63, 3.8) is 0 Å². The Hall–Kier alpha value is -1.98. The Balaban J connectivity index is 2.80. The molecule has 0 saturated carbocycles. The van der Waals surface area contributed by atoms with Crippen LogP contribution in [0.25, 0.3) is 0 Å². The number of nitrogens with zero attached hydrogens (tertiary/aromatic N) is 1. The first-order valence-electron chi connectivity index (χ1n) is 4.70. The molecule has 4 nitrogen and oxygen atoms in total. The standard InChI is InChI=1S/C11H11F2NO3/c1-3-11(12,13)6-17-9-7(2)4-8(5-14-9)10(15)16/h3-5H,1,6H2,2H3,(H,15,16). The van der Waals surface area contributed by atoms with Crippen LogP contribution in [0.4, 0.5) is 8.78 Å². The molecule has 6 heteroatoms. The fourth-order valence-electron chi connectivity index (χ4n) is 1.05. The van der Waals surface area contributed by atoms with Crippen molar-refractivity contribution >= 4 is 5.97 Å². The van der Waals surface area contributed by atoms with Crippen LogP contribution in [0.2, 0.25) is 0 Å². The molecule has 1 aromatic heterocycles. The summed E-state index contributed by atoms with van der Waals surface area (Å²) in [6, 6.07) is 1.30. The summed E-state index contributed by atoms with van der Waals surface area (Å²) in [5, 5.41) is 8.68. The lowest BCUT2D eigenvalue weighted by atomic mass is 10.2. The average Bonchev–Trinajstić information content (AvgIpc) is 2.27. The van der Waals surface area contributed by atoms with E-state index in [0.717, 1.165) is 6.20 Å². The van der Waals surface area contributed by atoms with E-state index in [2.05, 4.69) is 11.6 Å². The number of halogens is 2. The van der Waals surface area contributed by atoms with Gasteiger partial charge in [0.2, 0.25) is 5.88 Å². The van der Waals surface area contributed by atoms with Crippen molar-refractivity contribution < 1.29 is 23.4 Å². The van der Waals surface area contributed by atoms with Crippen molar-refractivity contribution in [3.05, 3.63) is 36.0 Å². The molecular weight excluding hydrogens is 232 g/mol. The molecule has 1 heterocycles. The van der Waals surface area contributed by atoms with Crippen LogP contribution in [0.3, 0.4) is 0 Å². The zero-order valence-electron chi connectivity index (χ0n) is 9.11. The Morgan fingerprint density at radius 1 is 1.71 bits per heavy atom. The zero-order chi connectivity index (χ0) is 13.1. The van der Waals surface area contributed by atoms with Crippen LogP contribution in [0.15, 0.2) is 24.9 Å². The molecule has 1 rings (SSSR count). The number of ether oxygens (including phenoxy) is 1. The molecule has 0 fully saturated rings. The lowest BCUT2D eigenvalue weighted by molar-refractivity contribution is 0.00369. The van der Waals surface area contributed by atoms with Crippen LogP contribution < -0.4 is 4.74 Å². The van der Waals surface area contributed by atoms with Gasteiger partial charge >= 0.3 is 5.97 Å². The normalized spacial score (nSPS) is 11.0. The lowest BCUT2D eigenvalue weighted by Gasteiger charge is -2.13. The topological polar surface area (TPSA) is 59.4 Å². The van der Waals surface area contributed by atoms with Crippen molar-refractivity contribution in [2.24, 2.45) is 0 Å². The number of rotatable bonds is 5. The molecule has 0 saturated heterocycles. The monoisotopic (exact) mass is 243 g/mol. The highest BCUT2D eigenvalue weighted by atomic mass is 19.3. The molecule has 0 bridgehead atoms. The zero-order valence-corrected chi connectivity index (χ0v) is 9.11. The minimum absolute atomic E-state index is 0.0171. The highest BCUT2D eigenvalue weighted by Crippen LogP contribution is 2.20. The highest BCUT2D eigenvalue weighted by molar-refractivity contribution is 5.87. The average molecular weight is 243 g/mol. The summed E-state index contributed by atoms with van der Waals surface area (Å²) < 4.78 is 30.4. The van der Waals surface area contributed by atoms with Gasteiger partial charge in [-0.3, -0.25) is 0 Å². The highest BCUT2D eigenvalue weighted by Gasteiger charge is 2.25. The van der Waals surface area contributed by atoms with E-state index >= 15 is 0 Å². The number of carboxylic acid groups (broad SMARTS) is 1. The lowest BCUT2D eigenvalue weighted by Crippen LogP contribution is -2.23. The van der Waals surface area contributed by atoms with Crippen molar-refractivity contribution in [1.82, 2.24) is 4.98 Å². The van der Waals surface area contributed by atoms with Gasteiger partial charge in [0.15, 0.2) is 6.61 Å². The van der Waals surface area contributed by atoms with E-state index in [0.29, 0.717) is 11.6 Å². The molecule has 0 aliphatic carbocycles. The molecule has 0 aromatic carbocycles. The van der Waals surface area contributed by atoms with E-state index in [1.807, 2.05) is 0 Å². The molecule has 17 heavy (non-hydrogen) atoms. The summed E-state index contributed by atoms with van der Waals surface area (Å²) in [4.78, 5) is 14.3. The maximum Gasteiger partial charge on any atom is 0.337 e. The van der Waals surface area contributed by atoms with Crippen LogP contribution in [0, 0.1) is 6.92 Å². The van der Waals surface area contributed by atoms with Crippen molar-refractivity contribution in [2.75, 3.05) is 6.61 Å². The SMILES string of the molecule is C=CC(F)(F)COc1ncc(C(=O)O)cc1C. The molecule has 0 unspecified atom stereocenters. The summed E-state index contributed by atoms with van der Waals surface area (Å²) in [6.45, 7) is 3.63. The Labute approximate surface area is 96.6 Å². The van der Waals surface area contributed by atoms with E-state index < -0.39 is 18.5 Å². The fraction of sp³-hybridized carbons (Fsp3) is 0.273. The second-order valence-corrected chi connectivity index (χ2v) is 3.41. The molecule has 1 N–H and O–H groups in total. The summed E-state index contributed by atoms with van der Waals surface area (Å²) in [5.41, 5.74) is 0.357. The van der Waals surface area contributed by atoms with Gasteiger partial charge in [0.1, 0.15) is 0 Å².